The third-order valence-electron chi connectivity index (χ3n) is 16.5. The Morgan fingerprint density at radius 2 is 0.655 bits per heavy atom. The van der Waals surface area contributed by atoms with Crippen molar-refractivity contribution < 1.29 is 10.2 Å². The molecule has 0 N–H and O–H groups in total. The van der Waals surface area contributed by atoms with Crippen LogP contribution >= 0.6 is 15.9 Å². The molecule has 12 aromatic carbocycles. The lowest BCUT2D eigenvalue weighted by molar-refractivity contribution is 0.659. The van der Waals surface area contributed by atoms with Gasteiger partial charge in [-0.15, -0.1) is 0 Å². The van der Waals surface area contributed by atoms with Crippen LogP contribution in [0.5, 0.6) is 0 Å². The predicted octanol–water partition coefficient (Wildman–Crippen LogP) is 19.8. The number of rotatable bonds is 3. The fourth-order valence-corrected chi connectivity index (χ4v) is 13.1. The van der Waals surface area contributed by atoms with Crippen molar-refractivity contribution in [2.75, 3.05) is 0 Å². The summed E-state index contributed by atoms with van der Waals surface area (Å²) in [7, 11) is 1.25. The van der Waals surface area contributed by atoms with Gasteiger partial charge in [0.25, 0.3) is 0 Å². The fraction of sp³-hybridized carbons (Fsp3) is 0.0263. The van der Waals surface area contributed by atoms with Crippen LogP contribution in [-0.2, 0) is 6.42 Å². The van der Waals surface area contributed by atoms with E-state index in [0.717, 1.165) is 44.1 Å². The number of aromatic nitrogens is 3. The molecule has 7 nitrogen and oxygen atoms in total. The van der Waals surface area contributed by atoms with Crippen molar-refractivity contribution in [1.82, 2.24) is 13.7 Å². The number of benzene rings is 12. The zero-order chi connectivity index (χ0) is 57.3. The molecule has 0 saturated heterocycles. The summed E-state index contributed by atoms with van der Waals surface area (Å²) < 4.78 is 25.4. The van der Waals surface area contributed by atoms with Crippen molar-refractivity contribution >= 4 is 125 Å². The Bertz CT molecular complexity index is 5540. The summed E-state index contributed by atoms with van der Waals surface area (Å²) in [5.41, 5.74) is 18.4. The van der Waals surface area contributed by atoms with E-state index >= 15 is 0 Å². The first-order valence-electron chi connectivity index (χ1n) is 28.7. The maximum absolute atomic E-state index is 13.5. The molecule has 18 rings (SSSR count). The highest BCUT2D eigenvalue weighted by atomic mass is 79.9. The van der Waals surface area contributed by atoms with Crippen molar-refractivity contribution in [3.63, 3.8) is 0 Å². The number of fused-ring (bicyclic) bond motifs is 16. The molecule has 5 aromatic heterocycles. The van der Waals surface area contributed by atoms with Gasteiger partial charge in [0.1, 0.15) is 22.3 Å². The van der Waals surface area contributed by atoms with Crippen LogP contribution in [0.15, 0.2) is 290 Å². The van der Waals surface area contributed by atoms with E-state index in [0.29, 0.717) is 43.9 Å². The van der Waals surface area contributed by atoms with Crippen LogP contribution in [0.1, 0.15) is 19.9 Å². The second-order valence-corrected chi connectivity index (χ2v) is 22.1. The molecule has 0 saturated carbocycles. The number of halogens is 1. The van der Waals surface area contributed by atoms with Gasteiger partial charge in [0, 0.05) is 55.2 Å². The summed E-state index contributed by atoms with van der Waals surface area (Å²) in [5.74, 6) is 0. The van der Waals surface area contributed by atoms with Gasteiger partial charge in [0.05, 0.1) is 54.6 Å². The van der Waals surface area contributed by atoms with Crippen molar-refractivity contribution in [2.24, 2.45) is 0 Å². The zero-order valence-electron chi connectivity index (χ0n) is 46.5. The molecule has 0 radical (unpaired) electrons. The van der Waals surface area contributed by atoms with Crippen LogP contribution in [0.3, 0.4) is 0 Å². The van der Waals surface area contributed by atoms with E-state index in [4.69, 9.17) is 10.2 Å². The topological polar surface area (TPSA) is 75.2 Å². The van der Waals surface area contributed by atoms with Gasteiger partial charge < -0.3 is 22.5 Å². The van der Waals surface area contributed by atoms with E-state index in [2.05, 4.69) is 212 Å². The van der Waals surface area contributed by atoms with Gasteiger partial charge in [-0.3, -0.25) is 9.59 Å². The molecule has 0 unspecified atom stereocenters. The van der Waals surface area contributed by atoms with Crippen molar-refractivity contribution in [3.05, 3.63) is 303 Å². The van der Waals surface area contributed by atoms with E-state index in [1.807, 2.05) is 60.7 Å². The summed E-state index contributed by atoms with van der Waals surface area (Å²) in [6.45, 7) is 0. The molecule has 1 aliphatic carbocycles. The Kier molecular flexibility index (Phi) is 11.8. The average Bonchev–Trinajstić information content (AvgIpc) is 3.96. The van der Waals surface area contributed by atoms with Gasteiger partial charge in [0.2, 0.25) is 10.9 Å². The number of hydrogen-bond donors (Lipinski definition) is 0. The molecule has 400 valence electrons. The lowest BCUT2D eigenvalue weighted by atomic mass is 10.1. The summed E-state index contributed by atoms with van der Waals surface area (Å²) in [6.07, 6.45) is 1.04. The molecule has 0 aliphatic heterocycles. The van der Waals surface area contributed by atoms with Gasteiger partial charge in [-0.25, -0.2) is 0 Å². The highest BCUT2D eigenvalue weighted by Crippen LogP contribution is 2.41. The van der Waals surface area contributed by atoms with Gasteiger partial charge >= 0.3 is 0 Å². The minimum Gasteiger partial charge on any atom is -0.456 e. The number of hydrogen-bond acceptors (Lipinski definition) is 4. The SMILES string of the molecule is O=c1c2ccccc2oc2ccc(-n3c4ccccc4c4cc(-n5c6ccccc6c6ccccc65)ccc43)cc12.O=c1c2ccccc2oc2ccc(Br)cc12.[2H]C.c1ccc2c(c1)Cc1ccc(-n3c4ccccc4c4ccccc43)cc1-2. The van der Waals surface area contributed by atoms with E-state index in [1.165, 1.54) is 79.0 Å². The second-order valence-electron chi connectivity index (χ2n) is 21.1. The van der Waals surface area contributed by atoms with Crippen LogP contribution in [0.25, 0.3) is 137 Å². The summed E-state index contributed by atoms with van der Waals surface area (Å²) in [4.78, 5) is 25.6. The third-order valence-corrected chi connectivity index (χ3v) is 17.0. The highest BCUT2D eigenvalue weighted by Gasteiger charge is 2.21. The summed E-state index contributed by atoms with van der Waals surface area (Å²) in [5, 5.41) is 9.82. The summed E-state index contributed by atoms with van der Waals surface area (Å²) >= 11 is 3.35. The molecular formula is C76H50BrN3O4. The van der Waals surface area contributed by atoms with Crippen molar-refractivity contribution in [3.8, 4) is 28.2 Å². The van der Waals surface area contributed by atoms with E-state index in [9.17, 15) is 9.59 Å². The standard InChI is InChI=1S/C37H22N2O2.C25H17N.C13H7BrO2.CH4/c40-37-28-12-4-8-16-35(28)41-36-20-18-24(22-30(36)37)39-33-15-7-3-11-27(33)29-21-23(17-19-34(29)39)38-31-13-5-1-9-25(31)26-10-2-6-14-32(26)38;1-2-8-20-17(7-1)15-18-13-14-19(16-23(18)20)26-24-11-5-3-9-21(24)22-10-4-6-12-25(22)26;14-8-5-6-12-10(7-8)13(15)9-3-1-2-4-11(9)16-12;/h1-22H;1-14,16H,15H2;1-7H;1H4/i;;;1D. The van der Waals surface area contributed by atoms with E-state index in [-0.39, 0.29) is 10.9 Å². The molecule has 0 amide bonds. The molecule has 0 spiro atoms. The Hall–Kier alpha value is -10.5. The Labute approximate surface area is 491 Å². The second kappa shape index (κ2) is 20.2. The summed E-state index contributed by atoms with van der Waals surface area (Å²) in [6, 6.07) is 91.4. The molecule has 5 heterocycles. The lowest BCUT2D eigenvalue weighted by Gasteiger charge is -2.11. The van der Waals surface area contributed by atoms with Crippen molar-refractivity contribution in [1.29, 1.82) is 0 Å². The maximum atomic E-state index is 13.5. The maximum Gasteiger partial charge on any atom is 0.200 e. The van der Waals surface area contributed by atoms with Crippen LogP contribution in [-0.4, -0.2) is 13.7 Å². The minimum absolute atomic E-state index is 0.0122. The molecule has 0 atom stereocenters. The molecule has 17 aromatic rings. The van der Waals surface area contributed by atoms with Crippen molar-refractivity contribution in [2.45, 2.75) is 13.8 Å². The van der Waals surface area contributed by atoms with Gasteiger partial charge in [0.15, 0.2) is 0 Å². The molecule has 8 heteroatoms. The van der Waals surface area contributed by atoms with Gasteiger partial charge in [-0.1, -0.05) is 169 Å². The average molecular weight is 1150 g/mol. The minimum atomic E-state index is -0.0156. The lowest BCUT2D eigenvalue weighted by Crippen LogP contribution is -2.03. The Morgan fingerprint density at radius 1 is 0.310 bits per heavy atom. The highest BCUT2D eigenvalue weighted by molar-refractivity contribution is 9.10. The van der Waals surface area contributed by atoms with Crippen LogP contribution in [0.2, 0.25) is 0 Å². The first-order chi connectivity index (χ1) is 41.9. The molecule has 0 fully saturated rings. The Morgan fingerprint density at radius 3 is 1.18 bits per heavy atom. The van der Waals surface area contributed by atoms with E-state index < -0.39 is 0 Å². The third kappa shape index (κ3) is 8.09. The predicted molar refractivity (Wildman–Crippen MR) is 352 cm³/mol. The van der Waals surface area contributed by atoms with Crippen LogP contribution in [0, 0.1) is 0 Å². The van der Waals surface area contributed by atoms with Crippen LogP contribution < -0.4 is 10.9 Å². The zero-order valence-corrected chi connectivity index (χ0v) is 47.0. The molecule has 0 bridgehead atoms. The quantitative estimate of drug-likeness (QED) is 0.165. The van der Waals surface area contributed by atoms with Gasteiger partial charge in [-0.2, -0.15) is 0 Å². The number of nitrogens with zero attached hydrogens (tertiary/aromatic N) is 3. The first kappa shape index (κ1) is 49.3. The van der Waals surface area contributed by atoms with Gasteiger partial charge in [-0.05, 0) is 150 Å². The largest absolute Gasteiger partial charge is 0.456 e. The monoisotopic (exact) mass is 1150 g/mol. The Balaban J connectivity index is 0.000000118. The molecular weight excluding hydrogens is 1100 g/mol. The van der Waals surface area contributed by atoms with Crippen LogP contribution in [0.4, 0.5) is 0 Å². The first-order valence-corrected chi connectivity index (χ1v) is 28.5. The fourth-order valence-electron chi connectivity index (χ4n) is 12.7. The normalized spacial score (nSPS) is 11.9. The smallest absolute Gasteiger partial charge is 0.200 e. The van der Waals surface area contributed by atoms with E-state index in [1.54, 1.807) is 24.3 Å². The molecule has 1 aliphatic rings. The number of para-hydroxylation sites is 7. The molecule has 84 heavy (non-hydrogen) atoms.